The lowest BCUT2D eigenvalue weighted by Crippen LogP contribution is -2.38. The van der Waals surface area contributed by atoms with E-state index in [1.807, 2.05) is 17.1 Å². The number of hydrogen-bond acceptors (Lipinski definition) is 2. The summed E-state index contributed by atoms with van der Waals surface area (Å²) in [6, 6.07) is 0.0868. The first kappa shape index (κ1) is 11.6. The molecular weight excluding hydrogens is 200 g/mol. The number of nitrogens with two attached hydrogens (primary N) is 1. The van der Waals surface area contributed by atoms with Crippen molar-refractivity contribution < 1.29 is 4.79 Å². The Bertz CT molecular complexity index is 267. The number of hydrogen-bond donors (Lipinski definition) is 1. The van der Waals surface area contributed by atoms with Gasteiger partial charge in [0.25, 0.3) is 0 Å². The molecular formula is C13H22N2O. The van der Waals surface area contributed by atoms with Crippen molar-refractivity contribution in [3.8, 4) is 0 Å². The maximum atomic E-state index is 12.2. The number of amides is 1. The van der Waals surface area contributed by atoms with Gasteiger partial charge < -0.3 is 10.6 Å². The van der Waals surface area contributed by atoms with Gasteiger partial charge in [-0.05, 0) is 19.3 Å². The number of rotatable bonds is 1. The van der Waals surface area contributed by atoms with Crippen LogP contribution >= 0.6 is 0 Å². The summed E-state index contributed by atoms with van der Waals surface area (Å²) in [6.45, 7) is 1.89. The Kier molecular flexibility index (Phi) is 3.99. The lowest BCUT2D eigenvalue weighted by molar-refractivity contribution is -0.134. The third-order valence-electron chi connectivity index (χ3n) is 3.60. The zero-order chi connectivity index (χ0) is 11.4. The summed E-state index contributed by atoms with van der Waals surface area (Å²) in [4.78, 5) is 14.3. The molecule has 16 heavy (non-hydrogen) atoms. The quantitative estimate of drug-likeness (QED) is 0.686. The Hall–Kier alpha value is -0.830. The van der Waals surface area contributed by atoms with Crippen LogP contribution in [0.5, 0.6) is 0 Å². The summed E-state index contributed by atoms with van der Waals surface area (Å²) < 4.78 is 0. The molecule has 0 saturated carbocycles. The van der Waals surface area contributed by atoms with Gasteiger partial charge in [0.1, 0.15) is 0 Å². The normalized spacial score (nSPS) is 31.2. The highest BCUT2D eigenvalue weighted by atomic mass is 16.2. The third-order valence-corrected chi connectivity index (χ3v) is 3.60. The first-order valence-corrected chi connectivity index (χ1v) is 6.50. The Morgan fingerprint density at radius 2 is 1.69 bits per heavy atom. The molecule has 2 N–H and O–H groups in total. The fourth-order valence-corrected chi connectivity index (χ4v) is 2.61. The molecule has 1 aliphatic heterocycles. The SMILES string of the molecule is NC1C=CC(C(=O)N2CCCCCCC2)C1. The smallest absolute Gasteiger partial charge is 0.229 e. The van der Waals surface area contributed by atoms with Crippen molar-refractivity contribution in [3.05, 3.63) is 12.2 Å². The first-order chi connectivity index (χ1) is 7.77. The number of nitrogens with zero attached hydrogens (tertiary/aromatic N) is 1. The third kappa shape index (κ3) is 2.85. The van der Waals surface area contributed by atoms with Crippen LogP contribution in [-0.2, 0) is 4.79 Å². The molecule has 1 saturated heterocycles. The molecule has 2 aliphatic rings. The summed E-state index contributed by atoms with van der Waals surface area (Å²) >= 11 is 0. The van der Waals surface area contributed by atoms with Crippen LogP contribution in [0, 0.1) is 5.92 Å². The van der Waals surface area contributed by atoms with Gasteiger partial charge in [-0.1, -0.05) is 31.4 Å². The zero-order valence-electron chi connectivity index (χ0n) is 9.90. The molecule has 3 nitrogen and oxygen atoms in total. The summed E-state index contributed by atoms with van der Waals surface area (Å²) in [7, 11) is 0. The molecule has 0 aromatic heterocycles. The van der Waals surface area contributed by atoms with Crippen LogP contribution in [0.4, 0.5) is 0 Å². The van der Waals surface area contributed by atoms with Gasteiger partial charge in [-0.25, -0.2) is 0 Å². The van der Waals surface area contributed by atoms with Gasteiger partial charge >= 0.3 is 0 Å². The number of likely N-dealkylation sites (tertiary alicyclic amines) is 1. The van der Waals surface area contributed by atoms with Crippen molar-refractivity contribution >= 4 is 5.91 Å². The highest BCUT2D eigenvalue weighted by molar-refractivity contribution is 5.81. The monoisotopic (exact) mass is 222 g/mol. The van der Waals surface area contributed by atoms with E-state index >= 15 is 0 Å². The first-order valence-electron chi connectivity index (χ1n) is 6.50. The summed E-state index contributed by atoms with van der Waals surface area (Å²) in [5.41, 5.74) is 5.79. The predicted octanol–water partition coefficient (Wildman–Crippen LogP) is 1.68. The molecule has 2 unspecified atom stereocenters. The van der Waals surface area contributed by atoms with Crippen LogP contribution in [-0.4, -0.2) is 29.9 Å². The molecule has 1 heterocycles. The summed E-state index contributed by atoms with van der Waals surface area (Å²) in [5, 5.41) is 0. The van der Waals surface area contributed by atoms with Crippen LogP contribution in [0.25, 0.3) is 0 Å². The lowest BCUT2D eigenvalue weighted by atomic mass is 10.0. The minimum absolute atomic E-state index is 0.0504. The van der Waals surface area contributed by atoms with Crippen molar-refractivity contribution in [3.63, 3.8) is 0 Å². The molecule has 0 aromatic rings. The Labute approximate surface area is 97.7 Å². The second-order valence-corrected chi connectivity index (χ2v) is 4.98. The van der Waals surface area contributed by atoms with Crippen LogP contribution < -0.4 is 5.73 Å². The Balaban J connectivity index is 1.89. The maximum absolute atomic E-state index is 12.2. The molecule has 0 bridgehead atoms. The van der Waals surface area contributed by atoms with Crippen LogP contribution in [0.15, 0.2) is 12.2 Å². The average Bonchev–Trinajstić information content (AvgIpc) is 2.63. The van der Waals surface area contributed by atoms with Gasteiger partial charge in [0.05, 0.1) is 5.92 Å². The lowest BCUT2D eigenvalue weighted by Gasteiger charge is -2.27. The average molecular weight is 222 g/mol. The fraction of sp³-hybridized carbons (Fsp3) is 0.769. The molecule has 1 aliphatic carbocycles. The van der Waals surface area contributed by atoms with E-state index in [2.05, 4.69) is 0 Å². The van der Waals surface area contributed by atoms with Crippen molar-refractivity contribution in [1.29, 1.82) is 0 Å². The molecule has 1 amide bonds. The summed E-state index contributed by atoms with van der Waals surface area (Å²) in [6.07, 6.45) is 10.9. The van der Waals surface area contributed by atoms with Gasteiger partial charge in [-0.15, -0.1) is 0 Å². The Morgan fingerprint density at radius 3 is 2.25 bits per heavy atom. The topological polar surface area (TPSA) is 46.3 Å². The number of carbonyl (C=O) groups is 1. The second kappa shape index (κ2) is 5.48. The molecule has 90 valence electrons. The van der Waals surface area contributed by atoms with Crippen LogP contribution in [0.3, 0.4) is 0 Å². The minimum atomic E-state index is 0.0504. The highest BCUT2D eigenvalue weighted by Crippen LogP contribution is 2.20. The van der Waals surface area contributed by atoms with E-state index in [0.717, 1.165) is 32.4 Å². The Morgan fingerprint density at radius 1 is 1.06 bits per heavy atom. The predicted molar refractivity (Wildman–Crippen MR) is 64.9 cm³/mol. The van der Waals surface area contributed by atoms with E-state index in [9.17, 15) is 4.79 Å². The van der Waals surface area contributed by atoms with E-state index < -0.39 is 0 Å². The van der Waals surface area contributed by atoms with Crippen molar-refractivity contribution in [2.45, 2.75) is 44.6 Å². The molecule has 0 aromatic carbocycles. The molecule has 0 radical (unpaired) electrons. The van der Waals surface area contributed by atoms with E-state index in [1.54, 1.807) is 0 Å². The van der Waals surface area contributed by atoms with Gasteiger partial charge in [-0.2, -0.15) is 0 Å². The molecule has 2 atom stereocenters. The fourth-order valence-electron chi connectivity index (χ4n) is 2.61. The van der Waals surface area contributed by atoms with Crippen LogP contribution in [0.1, 0.15) is 38.5 Å². The molecule has 2 rings (SSSR count). The van der Waals surface area contributed by atoms with Gasteiger partial charge in [0.2, 0.25) is 5.91 Å². The van der Waals surface area contributed by atoms with E-state index in [4.69, 9.17) is 5.73 Å². The van der Waals surface area contributed by atoms with Crippen molar-refractivity contribution in [1.82, 2.24) is 4.90 Å². The van der Waals surface area contributed by atoms with E-state index in [0.29, 0.717) is 5.91 Å². The maximum Gasteiger partial charge on any atom is 0.229 e. The molecule has 3 heteroatoms. The van der Waals surface area contributed by atoms with Crippen LogP contribution in [0.2, 0.25) is 0 Å². The van der Waals surface area contributed by atoms with E-state index in [1.165, 1.54) is 19.3 Å². The van der Waals surface area contributed by atoms with Crippen molar-refractivity contribution in [2.24, 2.45) is 11.7 Å². The zero-order valence-corrected chi connectivity index (χ0v) is 9.90. The van der Waals surface area contributed by atoms with Crippen molar-refractivity contribution in [2.75, 3.05) is 13.1 Å². The highest BCUT2D eigenvalue weighted by Gasteiger charge is 2.26. The standard InChI is InChI=1S/C13H22N2O/c14-12-7-6-11(10-12)13(16)15-8-4-2-1-3-5-9-15/h6-7,11-12H,1-5,8-10,14H2. The minimum Gasteiger partial charge on any atom is -0.342 e. The van der Waals surface area contributed by atoms with Gasteiger partial charge in [0.15, 0.2) is 0 Å². The molecule has 0 spiro atoms. The van der Waals surface area contributed by atoms with Gasteiger partial charge in [-0.3, -0.25) is 4.79 Å². The second-order valence-electron chi connectivity index (χ2n) is 4.98. The van der Waals surface area contributed by atoms with E-state index in [-0.39, 0.29) is 12.0 Å². The molecule has 1 fully saturated rings. The number of carbonyl (C=O) groups excluding carboxylic acids is 1. The largest absolute Gasteiger partial charge is 0.342 e. The summed E-state index contributed by atoms with van der Waals surface area (Å²) in [5.74, 6) is 0.348. The van der Waals surface area contributed by atoms with Gasteiger partial charge in [0, 0.05) is 19.1 Å².